The van der Waals surface area contributed by atoms with Gasteiger partial charge in [0.2, 0.25) is 0 Å². The Labute approximate surface area is 165 Å². The number of imide groups is 1. The van der Waals surface area contributed by atoms with E-state index >= 15 is 0 Å². The molecular formula is C23H25N3O2. The first-order chi connectivity index (χ1) is 13.6. The monoisotopic (exact) mass is 375 g/mol. The van der Waals surface area contributed by atoms with Crippen LogP contribution in [0.4, 0.5) is 10.5 Å². The van der Waals surface area contributed by atoms with Gasteiger partial charge in [0.1, 0.15) is 5.70 Å². The summed E-state index contributed by atoms with van der Waals surface area (Å²) in [6.07, 6.45) is 5.53. The van der Waals surface area contributed by atoms with Crippen LogP contribution in [0.2, 0.25) is 0 Å². The third kappa shape index (κ3) is 3.93. The van der Waals surface area contributed by atoms with Crippen molar-refractivity contribution in [3.05, 3.63) is 70.9 Å². The zero-order valence-corrected chi connectivity index (χ0v) is 16.1. The number of rotatable bonds is 4. The molecule has 4 rings (SSSR count). The van der Waals surface area contributed by atoms with E-state index in [9.17, 15) is 9.59 Å². The second-order valence-corrected chi connectivity index (χ2v) is 7.50. The summed E-state index contributed by atoms with van der Waals surface area (Å²) in [5.74, 6) is -0.286. The van der Waals surface area contributed by atoms with Gasteiger partial charge in [0.15, 0.2) is 0 Å². The number of nitrogens with zero attached hydrogens (tertiary/aromatic N) is 2. The highest BCUT2D eigenvalue weighted by atomic mass is 16.2. The van der Waals surface area contributed by atoms with E-state index in [-0.39, 0.29) is 18.5 Å². The van der Waals surface area contributed by atoms with E-state index in [1.165, 1.54) is 29.8 Å². The van der Waals surface area contributed by atoms with E-state index in [2.05, 4.69) is 22.3 Å². The van der Waals surface area contributed by atoms with Gasteiger partial charge in [-0.15, -0.1) is 0 Å². The summed E-state index contributed by atoms with van der Waals surface area (Å²) in [5, 5.41) is 2.70. The SMILES string of the molecule is Cc1ccc(CN2C(=O)N/C(=C\c3ccc(N4CCCCC4)cc3)C2=O)cc1. The number of amides is 3. The van der Waals surface area contributed by atoms with Crippen LogP contribution in [0.3, 0.4) is 0 Å². The zero-order valence-electron chi connectivity index (χ0n) is 16.1. The van der Waals surface area contributed by atoms with Crippen molar-refractivity contribution in [2.45, 2.75) is 32.7 Å². The Morgan fingerprint density at radius 1 is 0.929 bits per heavy atom. The summed E-state index contributed by atoms with van der Waals surface area (Å²) in [4.78, 5) is 28.6. The molecule has 2 aliphatic rings. The first kappa shape index (κ1) is 18.3. The quantitative estimate of drug-likeness (QED) is 0.647. The van der Waals surface area contributed by atoms with Crippen molar-refractivity contribution in [2.75, 3.05) is 18.0 Å². The van der Waals surface area contributed by atoms with Gasteiger partial charge in [0.25, 0.3) is 5.91 Å². The van der Waals surface area contributed by atoms with Crippen molar-refractivity contribution in [1.29, 1.82) is 0 Å². The van der Waals surface area contributed by atoms with Gasteiger partial charge in [-0.3, -0.25) is 9.69 Å². The minimum absolute atomic E-state index is 0.274. The minimum Gasteiger partial charge on any atom is -0.372 e. The van der Waals surface area contributed by atoms with Crippen LogP contribution in [0, 0.1) is 6.92 Å². The topological polar surface area (TPSA) is 52.7 Å². The Balaban J connectivity index is 1.46. The molecule has 2 heterocycles. The predicted octanol–water partition coefficient (Wildman–Crippen LogP) is 4.08. The number of carbonyl (C=O) groups is 2. The molecule has 28 heavy (non-hydrogen) atoms. The average Bonchev–Trinajstić information content (AvgIpc) is 2.98. The number of hydrogen-bond donors (Lipinski definition) is 1. The lowest BCUT2D eigenvalue weighted by molar-refractivity contribution is -0.123. The molecule has 5 nitrogen and oxygen atoms in total. The highest BCUT2D eigenvalue weighted by Gasteiger charge is 2.33. The molecule has 0 aliphatic carbocycles. The van der Waals surface area contributed by atoms with Gasteiger partial charge < -0.3 is 10.2 Å². The van der Waals surface area contributed by atoms with Crippen LogP contribution in [-0.4, -0.2) is 29.9 Å². The number of aryl methyl sites for hydroxylation is 1. The third-order valence-corrected chi connectivity index (χ3v) is 5.35. The Morgan fingerprint density at radius 3 is 2.29 bits per heavy atom. The van der Waals surface area contributed by atoms with Gasteiger partial charge in [0, 0.05) is 18.8 Å². The van der Waals surface area contributed by atoms with Crippen LogP contribution in [-0.2, 0) is 11.3 Å². The highest BCUT2D eigenvalue weighted by Crippen LogP contribution is 2.22. The largest absolute Gasteiger partial charge is 0.372 e. The molecule has 0 radical (unpaired) electrons. The van der Waals surface area contributed by atoms with Crippen molar-refractivity contribution >= 4 is 23.7 Å². The lowest BCUT2D eigenvalue weighted by Crippen LogP contribution is -2.30. The lowest BCUT2D eigenvalue weighted by Gasteiger charge is -2.28. The first-order valence-electron chi connectivity index (χ1n) is 9.85. The molecule has 0 aromatic heterocycles. The number of hydrogen-bond acceptors (Lipinski definition) is 3. The van der Waals surface area contributed by atoms with E-state index in [0.29, 0.717) is 5.70 Å². The van der Waals surface area contributed by atoms with Crippen molar-refractivity contribution in [3.63, 3.8) is 0 Å². The van der Waals surface area contributed by atoms with Gasteiger partial charge in [-0.2, -0.15) is 0 Å². The van der Waals surface area contributed by atoms with Crippen LogP contribution in [0.25, 0.3) is 6.08 Å². The molecule has 0 unspecified atom stereocenters. The molecule has 3 amide bonds. The average molecular weight is 375 g/mol. The van der Waals surface area contributed by atoms with Gasteiger partial charge >= 0.3 is 6.03 Å². The second-order valence-electron chi connectivity index (χ2n) is 7.50. The maximum atomic E-state index is 12.7. The molecule has 2 saturated heterocycles. The molecule has 0 spiro atoms. The van der Waals surface area contributed by atoms with E-state index < -0.39 is 0 Å². The maximum Gasteiger partial charge on any atom is 0.329 e. The molecule has 2 aliphatic heterocycles. The highest BCUT2D eigenvalue weighted by molar-refractivity contribution is 6.13. The smallest absolute Gasteiger partial charge is 0.329 e. The second kappa shape index (κ2) is 7.89. The predicted molar refractivity (Wildman–Crippen MR) is 111 cm³/mol. The molecule has 1 N–H and O–H groups in total. The molecule has 2 aromatic rings. The Hall–Kier alpha value is -3.08. The molecule has 0 bridgehead atoms. The normalized spacial score (nSPS) is 18.7. The molecule has 0 atom stereocenters. The molecule has 144 valence electrons. The van der Waals surface area contributed by atoms with Gasteiger partial charge in [0.05, 0.1) is 6.54 Å². The number of nitrogens with one attached hydrogen (secondary N) is 1. The number of urea groups is 1. The summed E-state index contributed by atoms with van der Waals surface area (Å²) in [6, 6.07) is 15.6. The van der Waals surface area contributed by atoms with Crippen molar-refractivity contribution in [1.82, 2.24) is 10.2 Å². The summed E-state index contributed by atoms with van der Waals surface area (Å²) in [7, 11) is 0. The van der Waals surface area contributed by atoms with E-state index in [0.717, 1.165) is 29.8 Å². The summed E-state index contributed by atoms with van der Waals surface area (Å²) in [5.41, 5.74) is 4.52. The number of carbonyl (C=O) groups excluding carboxylic acids is 2. The number of anilines is 1. The molecule has 5 heteroatoms. The van der Waals surface area contributed by atoms with E-state index in [1.54, 1.807) is 6.08 Å². The van der Waals surface area contributed by atoms with Crippen LogP contribution in [0.15, 0.2) is 54.2 Å². The fourth-order valence-electron chi connectivity index (χ4n) is 3.69. The fourth-order valence-corrected chi connectivity index (χ4v) is 3.69. The minimum atomic E-state index is -0.373. The van der Waals surface area contributed by atoms with Gasteiger partial charge in [-0.25, -0.2) is 4.79 Å². The van der Waals surface area contributed by atoms with Crippen LogP contribution >= 0.6 is 0 Å². The van der Waals surface area contributed by atoms with E-state index in [1.807, 2.05) is 43.3 Å². The first-order valence-corrected chi connectivity index (χ1v) is 9.85. The Morgan fingerprint density at radius 2 is 1.61 bits per heavy atom. The third-order valence-electron chi connectivity index (χ3n) is 5.35. The number of benzene rings is 2. The van der Waals surface area contributed by atoms with Crippen LogP contribution in [0.1, 0.15) is 36.0 Å². The summed E-state index contributed by atoms with van der Waals surface area (Å²) < 4.78 is 0. The Bertz CT molecular complexity index is 894. The maximum absolute atomic E-state index is 12.7. The van der Waals surface area contributed by atoms with Crippen molar-refractivity contribution < 1.29 is 9.59 Å². The zero-order chi connectivity index (χ0) is 19.5. The van der Waals surface area contributed by atoms with Crippen LogP contribution in [0.5, 0.6) is 0 Å². The Kier molecular flexibility index (Phi) is 5.15. The molecule has 0 saturated carbocycles. The molecule has 2 aromatic carbocycles. The van der Waals surface area contributed by atoms with Gasteiger partial charge in [-0.05, 0) is 55.5 Å². The molecular weight excluding hydrogens is 350 g/mol. The summed E-state index contributed by atoms with van der Waals surface area (Å²) >= 11 is 0. The molecule has 2 fully saturated rings. The van der Waals surface area contributed by atoms with Crippen LogP contribution < -0.4 is 10.2 Å². The number of piperidine rings is 1. The van der Waals surface area contributed by atoms with Gasteiger partial charge in [-0.1, -0.05) is 42.0 Å². The summed E-state index contributed by atoms with van der Waals surface area (Å²) in [6.45, 7) is 4.48. The standard InChI is InChI=1S/C23H25N3O2/c1-17-5-7-19(8-6-17)16-26-22(27)21(24-23(26)28)15-18-9-11-20(12-10-18)25-13-3-2-4-14-25/h5-12,15H,2-4,13-14,16H2,1H3,(H,24,28)/b21-15-. The fraction of sp³-hybridized carbons (Fsp3) is 0.304. The van der Waals surface area contributed by atoms with E-state index in [4.69, 9.17) is 0 Å². The van der Waals surface area contributed by atoms with Crippen molar-refractivity contribution in [2.24, 2.45) is 0 Å². The van der Waals surface area contributed by atoms with Crippen molar-refractivity contribution in [3.8, 4) is 0 Å². The lowest BCUT2D eigenvalue weighted by atomic mass is 10.1.